The quantitative estimate of drug-likeness (QED) is 0.663. The van der Waals surface area contributed by atoms with Gasteiger partial charge in [-0.2, -0.15) is 0 Å². The van der Waals surface area contributed by atoms with Crippen molar-refractivity contribution in [3.8, 4) is 0 Å². The molecule has 0 spiro atoms. The summed E-state index contributed by atoms with van der Waals surface area (Å²) in [6.07, 6.45) is 0. The van der Waals surface area contributed by atoms with Crippen molar-refractivity contribution in [2.45, 2.75) is 0 Å². The maximum atomic E-state index is 11.9. The third-order valence-corrected chi connectivity index (χ3v) is 2.57. The van der Waals surface area contributed by atoms with Gasteiger partial charge in [-0.05, 0) is 7.05 Å². The third-order valence-electron chi connectivity index (χ3n) is 2.57. The Balaban J connectivity index is 2.02. The van der Waals surface area contributed by atoms with Gasteiger partial charge in [0.2, 0.25) is 0 Å². The van der Waals surface area contributed by atoms with Crippen molar-refractivity contribution in [3.05, 3.63) is 24.4 Å². The number of aromatic nitrogens is 1. The lowest BCUT2D eigenvalue weighted by molar-refractivity contribution is 0.0654. The van der Waals surface area contributed by atoms with E-state index in [-0.39, 0.29) is 5.91 Å². The number of carbonyl (C=O) groups excluding carboxylic acids is 1. The van der Waals surface area contributed by atoms with Crippen LogP contribution in [-0.4, -0.2) is 54.1 Å². The zero-order chi connectivity index (χ0) is 10.8. The Morgan fingerprint density at radius 3 is 2.67 bits per heavy atom. The second kappa shape index (κ2) is 4.02. The van der Waals surface area contributed by atoms with E-state index in [0.717, 1.165) is 26.2 Å². The Morgan fingerprint density at radius 1 is 1.47 bits per heavy atom. The third kappa shape index (κ3) is 2.18. The van der Waals surface area contributed by atoms with E-state index in [0.29, 0.717) is 11.5 Å². The lowest BCUT2D eigenvalue weighted by atomic mass is 10.3. The van der Waals surface area contributed by atoms with Crippen LogP contribution in [0.1, 0.15) is 16.2 Å². The van der Waals surface area contributed by atoms with Gasteiger partial charge in [0.15, 0.2) is 5.69 Å². The van der Waals surface area contributed by atoms with Crippen molar-refractivity contribution in [1.29, 1.82) is 0 Å². The Hall–Kier alpha value is -1.36. The molecule has 2 rings (SSSR count). The average molecular weight is 208 g/mol. The van der Waals surface area contributed by atoms with Crippen LogP contribution in [0, 0.1) is 6.92 Å². The molecule has 0 atom stereocenters. The molecule has 1 aromatic rings. The number of amides is 1. The summed E-state index contributed by atoms with van der Waals surface area (Å²) in [7, 11) is 2.05. The molecule has 5 nitrogen and oxygen atoms in total. The highest BCUT2D eigenvalue weighted by Gasteiger charge is 2.22. The minimum absolute atomic E-state index is 0.0678. The van der Waals surface area contributed by atoms with Crippen molar-refractivity contribution >= 4 is 5.91 Å². The normalized spacial score (nSPS) is 18.1. The van der Waals surface area contributed by atoms with E-state index < -0.39 is 0 Å². The van der Waals surface area contributed by atoms with Gasteiger partial charge in [-0.25, -0.2) is 0 Å². The predicted molar refractivity (Wildman–Crippen MR) is 54.4 cm³/mol. The van der Waals surface area contributed by atoms with Crippen LogP contribution in [0.3, 0.4) is 0 Å². The Bertz CT molecular complexity index is 353. The summed E-state index contributed by atoms with van der Waals surface area (Å²) in [6, 6.07) is 1.57. The highest BCUT2D eigenvalue weighted by atomic mass is 16.5. The van der Waals surface area contributed by atoms with Crippen molar-refractivity contribution in [1.82, 2.24) is 15.0 Å². The van der Waals surface area contributed by atoms with Crippen LogP contribution in [0.15, 0.2) is 10.6 Å². The van der Waals surface area contributed by atoms with Gasteiger partial charge in [0.25, 0.3) is 5.91 Å². The van der Waals surface area contributed by atoms with Crippen molar-refractivity contribution < 1.29 is 9.32 Å². The van der Waals surface area contributed by atoms with Gasteiger partial charge in [-0.15, -0.1) is 0 Å². The Morgan fingerprint density at radius 2 is 2.13 bits per heavy atom. The number of likely N-dealkylation sites (N-methyl/N-ethyl adjacent to an activating group) is 1. The van der Waals surface area contributed by atoms with E-state index in [4.69, 9.17) is 4.52 Å². The average Bonchev–Trinajstić information content (AvgIpc) is 2.65. The molecule has 81 valence electrons. The first-order valence-electron chi connectivity index (χ1n) is 4.93. The molecule has 0 aromatic carbocycles. The fraction of sp³-hybridized carbons (Fsp3) is 0.500. The van der Waals surface area contributed by atoms with Crippen LogP contribution in [0.25, 0.3) is 0 Å². The fourth-order valence-corrected chi connectivity index (χ4v) is 1.59. The van der Waals surface area contributed by atoms with Crippen LogP contribution in [-0.2, 0) is 0 Å². The minimum atomic E-state index is -0.0678. The summed E-state index contributed by atoms with van der Waals surface area (Å²) in [5.41, 5.74) is 0.351. The molecule has 1 aliphatic heterocycles. The summed E-state index contributed by atoms with van der Waals surface area (Å²) in [6.45, 7) is 6.87. The monoisotopic (exact) mass is 208 g/mol. The molecule has 0 aliphatic carbocycles. The molecular formula is C10H14N3O2. The summed E-state index contributed by atoms with van der Waals surface area (Å²) < 4.78 is 4.78. The molecule has 1 fully saturated rings. The molecule has 0 unspecified atom stereocenters. The molecule has 1 aliphatic rings. The predicted octanol–water partition coefficient (Wildman–Crippen LogP) is 0.244. The van der Waals surface area contributed by atoms with Gasteiger partial charge in [0.05, 0.1) is 0 Å². The van der Waals surface area contributed by atoms with Crippen LogP contribution >= 0.6 is 0 Å². The van der Waals surface area contributed by atoms with Gasteiger partial charge in [-0.1, -0.05) is 5.16 Å². The molecule has 0 N–H and O–H groups in total. The van der Waals surface area contributed by atoms with Crippen LogP contribution in [0.5, 0.6) is 0 Å². The van der Waals surface area contributed by atoms with Crippen molar-refractivity contribution in [3.63, 3.8) is 0 Å². The number of carbonyl (C=O) groups is 1. The second-order valence-electron chi connectivity index (χ2n) is 3.77. The minimum Gasteiger partial charge on any atom is -0.361 e. The largest absolute Gasteiger partial charge is 0.361 e. The number of nitrogens with zero attached hydrogens (tertiary/aromatic N) is 3. The lowest BCUT2D eigenvalue weighted by Crippen LogP contribution is -2.47. The first kappa shape index (κ1) is 10.2. The van der Waals surface area contributed by atoms with Crippen LogP contribution in [0.2, 0.25) is 0 Å². The van der Waals surface area contributed by atoms with Crippen molar-refractivity contribution in [2.75, 3.05) is 33.2 Å². The number of piperazine rings is 1. The Labute approximate surface area is 88.6 Å². The van der Waals surface area contributed by atoms with Crippen molar-refractivity contribution in [2.24, 2.45) is 0 Å². The molecule has 15 heavy (non-hydrogen) atoms. The molecule has 5 heteroatoms. The molecule has 0 saturated carbocycles. The van der Waals surface area contributed by atoms with Crippen LogP contribution in [0.4, 0.5) is 0 Å². The summed E-state index contributed by atoms with van der Waals surface area (Å²) in [5.74, 6) is 0.356. The molecule has 1 amide bonds. The molecule has 1 radical (unpaired) electrons. The smallest absolute Gasteiger partial charge is 0.276 e. The summed E-state index contributed by atoms with van der Waals surface area (Å²) in [5, 5.41) is 3.67. The van der Waals surface area contributed by atoms with Gasteiger partial charge in [0, 0.05) is 39.2 Å². The molecule has 1 saturated heterocycles. The standard InChI is InChI=1S/C10H14N3O2/c1-8-7-9(11-15-8)10(14)13-5-3-12(2)4-6-13/h7H,1,3-6H2,2H3. The molecule has 0 bridgehead atoms. The SMILES string of the molecule is [CH2]c1cc(C(=O)N2CCN(C)CC2)no1. The number of hydrogen-bond donors (Lipinski definition) is 0. The van der Waals surface area contributed by atoms with E-state index in [9.17, 15) is 4.79 Å². The topological polar surface area (TPSA) is 49.6 Å². The van der Waals surface area contributed by atoms with E-state index >= 15 is 0 Å². The molecule has 1 aromatic heterocycles. The van der Waals surface area contributed by atoms with E-state index in [1.807, 2.05) is 7.05 Å². The lowest BCUT2D eigenvalue weighted by Gasteiger charge is -2.31. The molecular weight excluding hydrogens is 194 g/mol. The number of hydrogen-bond acceptors (Lipinski definition) is 4. The first-order valence-corrected chi connectivity index (χ1v) is 4.93. The second-order valence-corrected chi connectivity index (χ2v) is 3.77. The highest BCUT2D eigenvalue weighted by molar-refractivity contribution is 5.92. The van der Waals surface area contributed by atoms with E-state index in [2.05, 4.69) is 17.0 Å². The maximum absolute atomic E-state index is 11.9. The van der Waals surface area contributed by atoms with Gasteiger partial charge in [0.1, 0.15) is 5.76 Å². The fourth-order valence-electron chi connectivity index (χ4n) is 1.59. The van der Waals surface area contributed by atoms with E-state index in [1.165, 1.54) is 0 Å². The number of rotatable bonds is 1. The highest BCUT2D eigenvalue weighted by Crippen LogP contribution is 2.08. The van der Waals surface area contributed by atoms with Gasteiger partial charge >= 0.3 is 0 Å². The van der Waals surface area contributed by atoms with E-state index in [1.54, 1.807) is 11.0 Å². The maximum Gasteiger partial charge on any atom is 0.276 e. The zero-order valence-corrected chi connectivity index (χ0v) is 8.77. The molecule has 2 heterocycles. The van der Waals surface area contributed by atoms with Gasteiger partial charge < -0.3 is 14.3 Å². The Kier molecular flexibility index (Phi) is 2.73. The zero-order valence-electron chi connectivity index (χ0n) is 8.77. The summed E-state index contributed by atoms with van der Waals surface area (Å²) >= 11 is 0. The van der Waals surface area contributed by atoms with Gasteiger partial charge in [-0.3, -0.25) is 4.79 Å². The van der Waals surface area contributed by atoms with Crippen LogP contribution < -0.4 is 0 Å². The first-order chi connectivity index (χ1) is 7.16. The summed E-state index contributed by atoms with van der Waals surface area (Å²) in [4.78, 5) is 15.9.